The zero-order chi connectivity index (χ0) is 16.9. The van der Waals surface area contributed by atoms with Crippen LogP contribution in [0.2, 0.25) is 0 Å². The molecule has 5 nitrogen and oxygen atoms in total. The summed E-state index contributed by atoms with van der Waals surface area (Å²) in [6, 6.07) is 16.2. The van der Waals surface area contributed by atoms with E-state index in [0.717, 1.165) is 23.3 Å². The molecular weight excluding hydrogens is 314 g/mol. The second-order valence-corrected chi connectivity index (χ2v) is 6.17. The molecule has 2 aromatic heterocycles. The Morgan fingerprint density at radius 2 is 1.96 bits per heavy atom. The number of aromatic nitrogens is 2. The first-order valence-electron chi connectivity index (χ1n) is 8.60. The average molecular weight is 335 g/mol. The summed E-state index contributed by atoms with van der Waals surface area (Å²) in [6.07, 6.45) is 4.54. The first-order chi connectivity index (χ1) is 12.4. The normalized spacial score (nSPS) is 20.5. The zero-order valence-electron chi connectivity index (χ0n) is 14.0. The molecule has 0 saturated carbocycles. The van der Waals surface area contributed by atoms with Crippen LogP contribution in [0.25, 0.3) is 10.8 Å². The van der Waals surface area contributed by atoms with Gasteiger partial charge in [0.05, 0.1) is 31.1 Å². The third-order valence-electron chi connectivity index (χ3n) is 4.46. The summed E-state index contributed by atoms with van der Waals surface area (Å²) in [7, 11) is 0. The molecule has 0 unspecified atom stereocenters. The lowest BCUT2D eigenvalue weighted by Crippen LogP contribution is -2.44. The smallest absolute Gasteiger partial charge is 0.134 e. The summed E-state index contributed by atoms with van der Waals surface area (Å²) < 4.78 is 11.8. The van der Waals surface area contributed by atoms with Gasteiger partial charge in [0.15, 0.2) is 0 Å². The Labute approximate surface area is 147 Å². The first kappa shape index (κ1) is 16.0. The summed E-state index contributed by atoms with van der Waals surface area (Å²) in [5, 5.41) is 5.81. The van der Waals surface area contributed by atoms with E-state index in [0.29, 0.717) is 19.8 Å². The fraction of sp³-hybridized carbons (Fsp3) is 0.300. The topological polar surface area (TPSA) is 56.3 Å². The van der Waals surface area contributed by atoms with Crippen molar-refractivity contribution in [3.05, 3.63) is 66.6 Å². The van der Waals surface area contributed by atoms with E-state index in [-0.39, 0.29) is 12.1 Å². The van der Waals surface area contributed by atoms with Gasteiger partial charge in [0.25, 0.3) is 0 Å². The van der Waals surface area contributed by atoms with Crippen molar-refractivity contribution in [2.24, 2.45) is 0 Å². The summed E-state index contributed by atoms with van der Waals surface area (Å²) in [5.74, 6) is 0.875. The van der Waals surface area contributed by atoms with Gasteiger partial charge in [0.1, 0.15) is 5.82 Å². The maximum atomic E-state index is 6.13. The lowest BCUT2D eigenvalue weighted by atomic mass is 10.1. The third kappa shape index (κ3) is 3.78. The van der Waals surface area contributed by atoms with Crippen molar-refractivity contribution in [2.45, 2.75) is 25.2 Å². The van der Waals surface area contributed by atoms with E-state index >= 15 is 0 Å². The highest BCUT2D eigenvalue weighted by molar-refractivity contribution is 5.91. The molecule has 4 rings (SSSR count). The van der Waals surface area contributed by atoms with Crippen LogP contribution in [0.3, 0.4) is 0 Å². The zero-order valence-corrected chi connectivity index (χ0v) is 14.0. The van der Waals surface area contributed by atoms with E-state index in [2.05, 4.69) is 27.4 Å². The minimum Gasteiger partial charge on any atom is -0.379 e. The summed E-state index contributed by atoms with van der Waals surface area (Å²) in [6.45, 7) is 1.83. The molecule has 0 bridgehead atoms. The van der Waals surface area contributed by atoms with E-state index < -0.39 is 0 Å². The number of nitrogens with one attached hydrogen (secondary N) is 1. The Bertz CT molecular complexity index is 820. The van der Waals surface area contributed by atoms with Gasteiger partial charge in [-0.15, -0.1) is 0 Å². The maximum Gasteiger partial charge on any atom is 0.134 e. The molecule has 1 aromatic carbocycles. The van der Waals surface area contributed by atoms with Gasteiger partial charge in [-0.2, -0.15) is 0 Å². The number of nitrogens with zero attached hydrogens (tertiary/aromatic N) is 2. The number of fused-ring (bicyclic) bond motifs is 1. The molecule has 25 heavy (non-hydrogen) atoms. The SMILES string of the molecule is c1ccc(CO[C@@H]2CCOC[C@H]2Nc2nccc3ccccc23)nc1. The largest absolute Gasteiger partial charge is 0.379 e. The fourth-order valence-electron chi connectivity index (χ4n) is 3.14. The number of benzene rings is 1. The molecule has 3 heterocycles. The Morgan fingerprint density at radius 3 is 2.88 bits per heavy atom. The van der Waals surface area contributed by atoms with Crippen molar-refractivity contribution in [2.75, 3.05) is 18.5 Å². The van der Waals surface area contributed by atoms with Crippen molar-refractivity contribution in [3.63, 3.8) is 0 Å². The van der Waals surface area contributed by atoms with Crippen molar-refractivity contribution >= 4 is 16.6 Å². The predicted octanol–water partition coefficient (Wildman–Crippen LogP) is 3.42. The molecule has 128 valence electrons. The van der Waals surface area contributed by atoms with Gasteiger partial charge >= 0.3 is 0 Å². The minimum atomic E-state index is 0.0655. The minimum absolute atomic E-state index is 0.0655. The van der Waals surface area contributed by atoms with Crippen molar-refractivity contribution in [1.29, 1.82) is 0 Å². The molecule has 0 aliphatic carbocycles. The first-order valence-corrected chi connectivity index (χ1v) is 8.60. The van der Waals surface area contributed by atoms with E-state index in [1.807, 2.05) is 42.6 Å². The van der Waals surface area contributed by atoms with Crippen LogP contribution in [-0.2, 0) is 16.1 Å². The highest BCUT2D eigenvalue weighted by Gasteiger charge is 2.27. The van der Waals surface area contributed by atoms with Crippen LogP contribution in [0.1, 0.15) is 12.1 Å². The number of pyridine rings is 2. The Kier molecular flexibility index (Phi) is 4.86. The standard InChI is InChI=1S/C20H21N3O2/c1-2-7-17-15(5-1)8-11-22-20(17)23-18-14-24-12-9-19(18)25-13-16-6-3-4-10-21-16/h1-8,10-11,18-19H,9,12-14H2,(H,22,23)/t18-,19-/m1/s1. The van der Waals surface area contributed by atoms with Crippen LogP contribution < -0.4 is 5.32 Å². The second kappa shape index (κ2) is 7.59. The van der Waals surface area contributed by atoms with E-state index in [1.54, 1.807) is 6.20 Å². The second-order valence-electron chi connectivity index (χ2n) is 6.17. The Balaban J connectivity index is 1.49. The van der Waals surface area contributed by atoms with Crippen LogP contribution >= 0.6 is 0 Å². The van der Waals surface area contributed by atoms with Crippen LogP contribution in [0.5, 0.6) is 0 Å². The molecule has 1 fully saturated rings. The number of anilines is 1. The predicted molar refractivity (Wildman–Crippen MR) is 97.4 cm³/mol. The molecule has 0 amide bonds. The monoisotopic (exact) mass is 335 g/mol. The number of ether oxygens (including phenoxy) is 2. The lowest BCUT2D eigenvalue weighted by molar-refractivity contribution is -0.0486. The van der Waals surface area contributed by atoms with Gasteiger partial charge in [-0.1, -0.05) is 30.3 Å². The summed E-state index contributed by atoms with van der Waals surface area (Å²) in [5.41, 5.74) is 0.941. The summed E-state index contributed by atoms with van der Waals surface area (Å²) in [4.78, 5) is 8.84. The van der Waals surface area contributed by atoms with Gasteiger partial charge in [0, 0.05) is 24.4 Å². The van der Waals surface area contributed by atoms with E-state index in [1.165, 1.54) is 5.39 Å². The van der Waals surface area contributed by atoms with Gasteiger partial charge in [-0.25, -0.2) is 4.98 Å². The van der Waals surface area contributed by atoms with Crippen LogP contribution in [0.15, 0.2) is 60.9 Å². The van der Waals surface area contributed by atoms with Gasteiger partial charge in [0.2, 0.25) is 0 Å². The third-order valence-corrected chi connectivity index (χ3v) is 4.46. The molecule has 1 aliphatic rings. The van der Waals surface area contributed by atoms with E-state index in [9.17, 15) is 0 Å². The van der Waals surface area contributed by atoms with Crippen molar-refractivity contribution in [1.82, 2.24) is 9.97 Å². The Hall–Kier alpha value is -2.50. The molecular formula is C20H21N3O2. The van der Waals surface area contributed by atoms with Crippen LogP contribution in [0, 0.1) is 0 Å². The number of rotatable bonds is 5. The highest BCUT2D eigenvalue weighted by Crippen LogP contribution is 2.24. The highest BCUT2D eigenvalue weighted by atomic mass is 16.5. The molecule has 1 N–H and O–H groups in total. The number of hydrogen-bond acceptors (Lipinski definition) is 5. The van der Waals surface area contributed by atoms with Crippen molar-refractivity contribution in [3.8, 4) is 0 Å². The van der Waals surface area contributed by atoms with Crippen molar-refractivity contribution < 1.29 is 9.47 Å². The quantitative estimate of drug-likeness (QED) is 0.774. The van der Waals surface area contributed by atoms with E-state index in [4.69, 9.17) is 9.47 Å². The molecule has 0 radical (unpaired) electrons. The number of hydrogen-bond donors (Lipinski definition) is 1. The van der Waals surface area contributed by atoms with Crippen LogP contribution in [0.4, 0.5) is 5.82 Å². The average Bonchev–Trinajstić information content (AvgIpc) is 2.68. The molecule has 1 saturated heterocycles. The Morgan fingerprint density at radius 1 is 1.04 bits per heavy atom. The molecule has 1 aliphatic heterocycles. The van der Waals surface area contributed by atoms with Gasteiger partial charge in [-0.3, -0.25) is 4.98 Å². The summed E-state index contributed by atoms with van der Waals surface area (Å²) >= 11 is 0. The molecule has 5 heteroatoms. The molecule has 3 aromatic rings. The van der Waals surface area contributed by atoms with Crippen LogP contribution in [-0.4, -0.2) is 35.3 Å². The van der Waals surface area contributed by atoms with Gasteiger partial charge in [-0.05, 0) is 30.0 Å². The fourth-order valence-corrected chi connectivity index (χ4v) is 3.14. The van der Waals surface area contributed by atoms with Gasteiger partial charge < -0.3 is 14.8 Å². The molecule has 0 spiro atoms. The molecule has 2 atom stereocenters. The maximum absolute atomic E-state index is 6.13. The lowest BCUT2D eigenvalue weighted by Gasteiger charge is -2.32.